The summed E-state index contributed by atoms with van der Waals surface area (Å²) in [6, 6.07) is 0. The van der Waals surface area contributed by atoms with Gasteiger partial charge in [0.1, 0.15) is 0 Å². The summed E-state index contributed by atoms with van der Waals surface area (Å²) in [7, 11) is 0. The van der Waals surface area contributed by atoms with E-state index in [4.69, 9.17) is 0 Å². The molecule has 0 amide bonds. The molecule has 3 N–H and O–H groups in total. The van der Waals surface area contributed by atoms with Gasteiger partial charge in [0, 0.05) is 0 Å². The molecule has 1 saturated heterocycles. The van der Waals surface area contributed by atoms with Gasteiger partial charge in [-0.3, -0.25) is 0 Å². The van der Waals surface area contributed by atoms with Crippen LogP contribution in [0.3, 0.4) is 0 Å². The molecule has 4 nitrogen and oxygen atoms in total. The molecule has 1 fully saturated rings. The van der Waals surface area contributed by atoms with E-state index in [-0.39, 0.29) is 0 Å². The van der Waals surface area contributed by atoms with Crippen molar-refractivity contribution in [1.82, 2.24) is 19.3 Å². The first kappa shape index (κ1) is 7.66. The minimum atomic E-state index is 0.886. The predicted molar refractivity (Wildman–Crippen MR) is 30.7 cm³/mol. The molecule has 0 bridgehead atoms. The molecule has 0 aromatic rings. The van der Waals surface area contributed by atoms with Crippen LogP contribution in [-0.2, 0) is 20.7 Å². The van der Waals surface area contributed by atoms with Gasteiger partial charge in [-0.25, -0.2) is 0 Å². The fraction of sp³-hybridized carbons (Fsp3) is 1.00. The van der Waals surface area contributed by atoms with Crippen molar-refractivity contribution in [3.63, 3.8) is 0 Å². The van der Waals surface area contributed by atoms with Gasteiger partial charge >= 0.3 is 66.7 Å². The molecule has 1 heterocycles. The van der Waals surface area contributed by atoms with E-state index < -0.39 is 0 Å². The van der Waals surface area contributed by atoms with E-state index >= 15 is 0 Å². The zero-order valence-electron chi connectivity index (χ0n) is 5.28. The normalized spacial score (nSPS) is 24.8. The van der Waals surface area contributed by atoms with Crippen LogP contribution in [0.5, 0.6) is 0 Å². The summed E-state index contributed by atoms with van der Waals surface area (Å²) in [4.78, 5) is 0. The number of hydrogen-bond acceptors (Lipinski definition) is 4. The van der Waals surface area contributed by atoms with Gasteiger partial charge in [0.25, 0.3) is 0 Å². The van der Waals surface area contributed by atoms with Crippen molar-refractivity contribution in [3.05, 3.63) is 0 Å². The van der Waals surface area contributed by atoms with Gasteiger partial charge in [-0.15, -0.1) is 0 Å². The van der Waals surface area contributed by atoms with Crippen LogP contribution in [0, 0.1) is 0 Å². The fourth-order valence-corrected chi connectivity index (χ4v) is 1.03. The van der Waals surface area contributed by atoms with Crippen LogP contribution in [0.4, 0.5) is 0 Å². The molecule has 51 valence electrons. The number of rotatable bonds is 0. The standard InChI is InChI=1S/C4H11N4.Ti/c1-5-2-7-4-8-3-6-1;/h5-7H,1-4H2;/q-1;+1. The molecular formula is C4H11N4Ti. The molecule has 0 unspecified atom stereocenters. The minimum absolute atomic E-state index is 0.886. The zero-order valence-corrected chi connectivity index (χ0v) is 6.84. The first-order chi connectivity index (χ1) is 4.39. The average Bonchev–Trinajstić information content (AvgIpc) is 1.79. The Bertz CT molecular complexity index is 71.0. The second-order valence-electron chi connectivity index (χ2n) is 1.96. The van der Waals surface area contributed by atoms with Crippen molar-refractivity contribution >= 4 is 0 Å². The van der Waals surface area contributed by atoms with Crippen LogP contribution in [0.25, 0.3) is 0 Å². The van der Waals surface area contributed by atoms with Crippen molar-refractivity contribution in [3.8, 4) is 0 Å². The van der Waals surface area contributed by atoms with Gasteiger partial charge in [0.2, 0.25) is 0 Å². The van der Waals surface area contributed by atoms with Crippen molar-refractivity contribution in [2.45, 2.75) is 0 Å². The van der Waals surface area contributed by atoms with E-state index in [1.54, 1.807) is 0 Å². The summed E-state index contributed by atoms with van der Waals surface area (Å²) in [6.07, 6.45) is 0. The quantitative estimate of drug-likeness (QED) is 0.374. The molecule has 0 aromatic carbocycles. The molecule has 0 saturated carbocycles. The summed E-state index contributed by atoms with van der Waals surface area (Å²) >= 11 is 2.07. The van der Waals surface area contributed by atoms with Crippen molar-refractivity contribution in [1.29, 1.82) is 0 Å². The zero-order chi connectivity index (χ0) is 6.53. The second-order valence-corrected chi connectivity index (χ2v) is 2.95. The number of nitrogens with one attached hydrogen (secondary N) is 3. The van der Waals surface area contributed by atoms with Crippen molar-refractivity contribution < 1.29 is 20.7 Å². The Kier molecular flexibility index (Phi) is 3.73. The van der Waals surface area contributed by atoms with E-state index in [1.807, 2.05) is 0 Å². The maximum absolute atomic E-state index is 3.21. The van der Waals surface area contributed by atoms with Crippen molar-refractivity contribution in [2.75, 3.05) is 26.7 Å². The summed E-state index contributed by atoms with van der Waals surface area (Å²) in [5.74, 6) is 0. The Morgan fingerprint density at radius 2 is 1.56 bits per heavy atom. The summed E-state index contributed by atoms with van der Waals surface area (Å²) in [5.41, 5.74) is 0. The molecule has 0 spiro atoms. The van der Waals surface area contributed by atoms with Gasteiger partial charge in [0.05, 0.1) is 0 Å². The van der Waals surface area contributed by atoms with Crippen LogP contribution >= 0.6 is 0 Å². The van der Waals surface area contributed by atoms with Gasteiger partial charge < -0.3 is 0 Å². The average molecular weight is 163 g/mol. The second kappa shape index (κ2) is 4.38. The van der Waals surface area contributed by atoms with Crippen LogP contribution in [0.1, 0.15) is 0 Å². The molecule has 0 aromatic heterocycles. The predicted octanol–water partition coefficient (Wildman–Crippen LogP) is -1.64. The Balaban J connectivity index is 2.12. The Morgan fingerprint density at radius 3 is 2.11 bits per heavy atom. The molecule has 1 rings (SSSR count). The number of hydrogen-bond donors (Lipinski definition) is 3. The third-order valence-electron chi connectivity index (χ3n) is 1.11. The van der Waals surface area contributed by atoms with Crippen LogP contribution in [-0.4, -0.2) is 30.1 Å². The molecule has 1 aliphatic heterocycles. The fourth-order valence-electron chi connectivity index (χ4n) is 0.677. The van der Waals surface area contributed by atoms with Gasteiger partial charge in [0.15, 0.2) is 0 Å². The Morgan fingerprint density at radius 1 is 1.00 bits per heavy atom. The van der Waals surface area contributed by atoms with Crippen LogP contribution in [0.2, 0.25) is 0 Å². The molecule has 0 atom stereocenters. The van der Waals surface area contributed by atoms with E-state index in [0.717, 1.165) is 26.7 Å². The van der Waals surface area contributed by atoms with Crippen LogP contribution < -0.4 is 16.0 Å². The SMILES string of the molecule is [Ti][N]1CNCNCNC1. The third-order valence-corrected chi connectivity index (χ3v) is 1.60. The first-order valence-electron chi connectivity index (χ1n) is 2.98. The third kappa shape index (κ3) is 3.30. The van der Waals surface area contributed by atoms with E-state index in [9.17, 15) is 0 Å². The van der Waals surface area contributed by atoms with E-state index in [0.29, 0.717) is 0 Å². The van der Waals surface area contributed by atoms with Gasteiger partial charge in [-0.1, -0.05) is 0 Å². The maximum atomic E-state index is 3.21. The van der Waals surface area contributed by atoms with Crippen LogP contribution in [0.15, 0.2) is 0 Å². The van der Waals surface area contributed by atoms with Gasteiger partial charge in [-0.2, -0.15) is 0 Å². The number of nitrogens with zero attached hydrogens (tertiary/aromatic N) is 1. The molecule has 0 radical (unpaired) electrons. The molecule has 1 aliphatic rings. The summed E-state index contributed by atoms with van der Waals surface area (Å²) < 4.78 is 2.18. The van der Waals surface area contributed by atoms with Gasteiger partial charge in [-0.05, 0) is 0 Å². The summed E-state index contributed by atoms with van der Waals surface area (Å²) in [6.45, 7) is 3.66. The summed E-state index contributed by atoms with van der Waals surface area (Å²) in [5, 5.41) is 9.58. The molecular weight excluding hydrogens is 152 g/mol. The topological polar surface area (TPSA) is 39.3 Å². The molecule has 9 heavy (non-hydrogen) atoms. The first-order valence-corrected chi connectivity index (χ1v) is 3.68. The van der Waals surface area contributed by atoms with E-state index in [1.165, 1.54) is 0 Å². The Labute approximate surface area is 67.1 Å². The molecule has 5 heteroatoms. The monoisotopic (exact) mass is 163 g/mol. The van der Waals surface area contributed by atoms with E-state index in [2.05, 4.69) is 40.0 Å². The Hall–Kier alpha value is 0.554. The van der Waals surface area contributed by atoms with Crippen molar-refractivity contribution in [2.24, 2.45) is 0 Å². The molecule has 0 aliphatic carbocycles.